The maximum absolute atomic E-state index is 13.3. The Balaban J connectivity index is 2.84. The Morgan fingerprint density at radius 1 is 0.580 bits per heavy atom. The first kappa shape index (κ1) is 63.3. The number of hydrogen-bond acceptors (Lipinski definition) is 10. The molecular weight excluding hydrogens is 871 g/mol. The molecule has 6 N–H and O–H groups in total. The van der Waals surface area contributed by atoms with Crippen molar-refractivity contribution in [2.45, 2.75) is 230 Å². The van der Waals surface area contributed by atoms with Crippen molar-refractivity contribution < 1.29 is 49.3 Å². The minimum atomic E-state index is -1.65. The number of amides is 1. The van der Waals surface area contributed by atoms with Gasteiger partial charge in [-0.15, -0.1) is 0 Å². The number of aliphatic hydroxyl groups is 5. The number of carbonyl (C=O) groups is 2. The minimum absolute atomic E-state index is 0.0198. The summed E-state index contributed by atoms with van der Waals surface area (Å²) in [5.74, 6) is -1.30. The van der Waals surface area contributed by atoms with Crippen molar-refractivity contribution in [3.8, 4) is 0 Å². The molecule has 1 aliphatic heterocycles. The average Bonchev–Trinajstić information content (AvgIpc) is 3.34. The smallest absolute Gasteiger partial charge is 0.306 e. The summed E-state index contributed by atoms with van der Waals surface area (Å²) in [6, 6.07) is -1.05. The van der Waals surface area contributed by atoms with E-state index in [1.165, 1.54) is 51.4 Å². The Morgan fingerprint density at radius 3 is 1.57 bits per heavy atom. The predicted octanol–water partition coefficient (Wildman–Crippen LogP) is 11.4. The molecule has 1 heterocycles. The number of allylic oxidation sites excluding steroid dienone is 17. The molecule has 0 aromatic carbocycles. The molecule has 0 spiro atoms. The summed E-state index contributed by atoms with van der Waals surface area (Å²) < 4.78 is 17.4. The van der Waals surface area contributed by atoms with Gasteiger partial charge < -0.3 is 45.1 Å². The normalized spacial score (nSPS) is 20.7. The molecule has 1 saturated heterocycles. The molecule has 8 unspecified atom stereocenters. The van der Waals surface area contributed by atoms with Crippen LogP contribution in [0.1, 0.15) is 181 Å². The molecule has 0 saturated carbocycles. The van der Waals surface area contributed by atoms with E-state index in [2.05, 4.69) is 50.4 Å². The van der Waals surface area contributed by atoms with E-state index in [0.717, 1.165) is 77.0 Å². The first-order valence-electron chi connectivity index (χ1n) is 26.8. The van der Waals surface area contributed by atoms with Crippen molar-refractivity contribution in [3.63, 3.8) is 0 Å². The molecular formula is C58H95NO10. The SMILES string of the molecule is CC/C=C/C=C/C=C\C=C/C=C/CCCC(=O)OC1C(OCC(NC(=O)C(O)CCCCCCCC/C=C/C=C/C=C/CC)C(O)/C=C/CCCCCCCCCCCCC)OC(CO)C(O)C1O. The standard InChI is InChI=1S/C58H95NO10/c1-4-7-10-13-16-19-22-25-28-30-33-36-39-42-45-51(62)57(66)59-49(50(61)44-41-38-35-32-29-26-23-20-17-14-11-8-5-2)48-67-58-56(55(65)54(64)52(47-60)68-58)69-53(63)46-43-40-37-34-31-27-24-21-18-15-12-9-6-3/h7,9-10,12-13,15-16,18-19,21-22,24,27,31,34,37,41,44,49-52,54-56,58,60-62,64-65H,4-6,8,11,14,17,20,23,25-26,28-30,32-33,35-36,38-40,42-43,45-48H2,1-3H3,(H,59,66)/b10-7+,12-9+,16-13+,18-15+,22-19+,24-21-,31-27-,37-34+,44-41+. The molecule has 1 aliphatic rings. The average molecular weight is 966 g/mol. The highest BCUT2D eigenvalue weighted by atomic mass is 16.7. The number of ether oxygens (including phenoxy) is 3. The van der Waals surface area contributed by atoms with E-state index < -0.39 is 67.4 Å². The molecule has 1 amide bonds. The zero-order valence-electron chi connectivity index (χ0n) is 42.9. The lowest BCUT2D eigenvalue weighted by Crippen LogP contribution is -2.61. The van der Waals surface area contributed by atoms with Crippen LogP contribution in [0.15, 0.2) is 109 Å². The van der Waals surface area contributed by atoms with Crippen LogP contribution in [0.4, 0.5) is 0 Å². The van der Waals surface area contributed by atoms with Gasteiger partial charge in [0, 0.05) is 6.42 Å². The second-order valence-electron chi connectivity index (χ2n) is 18.0. The lowest BCUT2D eigenvalue weighted by molar-refractivity contribution is -0.305. The lowest BCUT2D eigenvalue weighted by Gasteiger charge is -2.41. The van der Waals surface area contributed by atoms with Crippen LogP contribution in [0.5, 0.6) is 0 Å². The van der Waals surface area contributed by atoms with Crippen LogP contribution in [0.2, 0.25) is 0 Å². The van der Waals surface area contributed by atoms with Crippen LogP contribution in [-0.2, 0) is 23.8 Å². The third-order valence-electron chi connectivity index (χ3n) is 11.9. The summed E-state index contributed by atoms with van der Waals surface area (Å²) in [7, 11) is 0. The van der Waals surface area contributed by atoms with Gasteiger partial charge in [0.2, 0.25) is 5.91 Å². The second-order valence-corrected chi connectivity index (χ2v) is 18.0. The zero-order valence-corrected chi connectivity index (χ0v) is 42.9. The quantitative estimate of drug-likeness (QED) is 0.0149. The van der Waals surface area contributed by atoms with Crippen LogP contribution < -0.4 is 5.32 Å². The molecule has 0 radical (unpaired) electrons. The molecule has 0 bridgehead atoms. The van der Waals surface area contributed by atoms with Crippen molar-refractivity contribution >= 4 is 11.9 Å². The van der Waals surface area contributed by atoms with Crippen molar-refractivity contribution in [2.24, 2.45) is 0 Å². The summed E-state index contributed by atoms with van der Waals surface area (Å²) in [4.78, 5) is 26.3. The fraction of sp³-hybridized carbons (Fsp3) is 0.655. The first-order valence-corrected chi connectivity index (χ1v) is 26.8. The molecule has 0 aromatic rings. The van der Waals surface area contributed by atoms with Crippen molar-refractivity contribution in [3.05, 3.63) is 109 Å². The van der Waals surface area contributed by atoms with Gasteiger partial charge in [0.25, 0.3) is 0 Å². The monoisotopic (exact) mass is 966 g/mol. The molecule has 11 heteroatoms. The number of nitrogens with one attached hydrogen (secondary N) is 1. The minimum Gasteiger partial charge on any atom is -0.454 e. The van der Waals surface area contributed by atoms with Gasteiger partial charge in [-0.1, -0.05) is 226 Å². The molecule has 1 rings (SSSR count). The van der Waals surface area contributed by atoms with Gasteiger partial charge >= 0.3 is 5.97 Å². The zero-order chi connectivity index (χ0) is 50.4. The van der Waals surface area contributed by atoms with Crippen molar-refractivity contribution in [1.82, 2.24) is 5.32 Å². The third-order valence-corrected chi connectivity index (χ3v) is 11.9. The summed E-state index contributed by atoms with van der Waals surface area (Å²) in [5.41, 5.74) is 0. The van der Waals surface area contributed by atoms with Crippen LogP contribution in [0.3, 0.4) is 0 Å². The topological polar surface area (TPSA) is 175 Å². The summed E-state index contributed by atoms with van der Waals surface area (Å²) >= 11 is 0. The number of hydrogen-bond donors (Lipinski definition) is 6. The molecule has 0 aliphatic carbocycles. The van der Waals surface area contributed by atoms with Crippen LogP contribution in [0.25, 0.3) is 0 Å². The maximum Gasteiger partial charge on any atom is 0.306 e. The number of carbonyl (C=O) groups excluding carboxylic acids is 2. The number of aliphatic hydroxyl groups excluding tert-OH is 5. The highest BCUT2D eigenvalue weighted by Gasteiger charge is 2.47. The number of unbranched alkanes of at least 4 members (excludes halogenated alkanes) is 18. The predicted molar refractivity (Wildman–Crippen MR) is 282 cm³/mol. The van der Waals surface area contributed by atoms with E-state index in [-0.39, 0.29) is 19.4 Å². The summed E-state index contributed by atoms with van der Waals surface area (Å²) in [6.07, 6.45) is 50.0. The second kappa shape index (κ2) is 45.5. The van der Waals surface area contributed by atoms with Crippen molar-refractivity contribution in [1.29, 1.82) is 0 Å². The van der Waals surface area contributed by atoms with Gasteiger partial charge in [0.1, 0.15) is 24.4 Å². The van der Waals surface area contributed by atoms with Gasteiger partial charge in [-0.2, -0.15) is 0 Å². The third kappa shape index (κ3) is 34.3. The molecule has 1 fully saturated rings. The Kier molecular flexibility index (Phi) is 41.7. The van der Waals surface area contributed by atoms with Gasteiger partial charge in [-0.05, 0) is 57.8 Å². The summed E-state index contributed by atoms with van der Waals surface area (Å²) in [5, 5.41) is 56.6. The Labute approximate surface area is 418 Å². The molecule has 11 nitrogen and oxygen atoms in total. The van der Waals surface area contributed by atoms with E-state index in [4.69, 9.17) is 14.2 Å². The van der Waals surface area contributed by atoms with Gasteiger partial charge in [0.05, 0.1) is 25.4 Å². The molecule has 0 aromatic heterocycles. The summed E-state index contributed by atoms with van der Waals surface area (Å²) in [6.45, 7) is 5.42. The van der Waals surface area contributed by atoms with Gasteiger partial charge in [0.15, 0.2) is 12.4 Å². The molecule has 69 heavy (non-hydrogen) atoms. The van der Waals surface area contributed by atoms with Crippen LogP contribution in [0, 0.1) is 0 Å². The number of rotatable bonds is 42. The Hall–Kier alpha value is -3.68. The Morgan fingerprint density at radius 2 is 1.04 bits per heavy atom. The van der Waals surface area contributed by atoms with E-state index in [1.807, 2.05) is 79.0 Å². The van der Waals surface area contributed by atoms with Crippen LogP contribution in [-0.4, -0.2) is 99.6 Å². The van der Waals surface area contributed by atoms with Crippen molar-refractivity contribution in [2.75, 3.05) is 13.2 Å². The largest absolute Gasteiger partial charge is 0.454 e. The van der Waals surface area contributed by atoms with E-state index >= 15 is 0 Å². The molecule has 392 valence electrons. The van der Waals surface area contributed by atoms with E-state index in [0.29, 0.717) is 19.3 Å². The van der Waals surface area contributed by atoms with Gasteiger partial charge in [-0.25, -0.2) is 0 Å². The van der Waals surface area contributed by atoms with Crippen LogP contribution >= 0.6 is 0 Å². The molecule has 8 atom stereocenters. The maximum atomic E-state index is 13.3. The highest BCUT2D eigenvalue weighted by Crippen LogP contribution is 2.26. The first-order chi connectivity index (χ1) is 33.7. The van der Waals surface area contributed by atoms with E-state index in [9.17, 15) is 35.1 Å². The Bertz CT molecular complexity index is 1530. The number of esters is 1. The fourth-order valence-corrected chi connectivity index (χ4v) is 7.62. The highest BCUT2D eigenvalue weighted by molar-refractivity contribution is 5.80. The lowest BCUT2D eigenvalue weighted by atomic mass is 9.99. The van der Waals surface area contributed by atoms with Gasteiger partial charge in [-0.3, -0.25) is 9.59 Å². The van der Waals surface area contributed by atoms with E-state index in [1.54, 1.807) is 6.08 Å². The fourth-order valence-electron chi connectivity index (χ4n) is 7.62.